The molecular weight excluding hydrogens is 584 g/mol. The Balaban J connectivity index is 0.000000555. The van der Waals surface area contributed by atoms with Gasteiger partial charge in [-0.2, -0.15) is 0 Å². The van der Waals surface area contributed by atoms with E-state index in [9.17, 15) is 9.90 Å². The Hall–Kier alpha value is 0.739. The summed E-state index contributed by atoms with van der Waals surface area (Å²) in [6, 6.07) is 0. The number of carboxylic acid groups (broad SMARTS) is 1. The summed E-state index contributed by atoms with van der Waals surface area (Å²) in [5.41, 5.74) is 0. The summed E-state index contributed by atoms with van der Waals surface area (Å²) < 4.78 is 9.83. The van der Waals surface area contributed by atoms with Crippen LogP contribution in [-0.2, 0) is 4.79 Å². The quantitative estimate of drug-likeness (QED) is 0.137. The van der Waals surface area contributed by atoms with E-state index in [-0.39, 0.29) is 30.9 Å². The van der Waals surface area contributed by atoms with E-state index < -0.39 is 32.3 Å². The van der Waals surface area contributed by atoms with E-state index in [0.717, 1.165) is 0 Å². The van der Waals surface area contributed by atoms with Crippen molar-refractivity contribution in [3.05, 3.63) is 25.1 Å². The monoisotopic (exact) mass is 612 g/mol. The molecular formula is C20H29Cl5O3Sn. The fourth-order valence-electron chi connectivity index (χ4n) is 2.50. The Labute approximate surface area is 207 Å². The number of benzene rings is 1. The molecule has 0 radical (unpaired) electrons. The molecule has 3 nitrogen and oxygen atoms in total. The molecule has 0 bridgehead atoms. The molecule has 0 aromatic heterocycles. The van der Waals surface area contributed by atoms with Crippen molar-refractivity contribution in [2.45, 2.75) is 72.6 Å². The Morgan fingerprint density at radius 3 is 1.41 bits per heavy atom. The molecule has 1 aromatic carbocycles. The largest absolute Gasteiger partial charge is 0.546 e. The molecule has 0 saturated carbocycles. The van der Waals surface area contributed by atoms with Crippen LogP contribution >= 0.6 is 58.0 Å². The van der Waals surface area contributed by atoms with Gasteiger partial charge in [-0.1, -0.05) is 58.0 Å². The number of hydrogen-bond donors (Lipinski definition) is 0. The third-order valence-electron chi connectivity index (χ3n) is 4.16. The predicted molar refractivity (Wildman–Crippen MR) is 127 cm³/mol. The van der Waals surface area contributed by atoms with E-state index >= 15 is 0 Å². The van der Waals surface area contributed by atoms with Crippen LogP contribution in [0.3, 0.4) is 0 Å². The number of hydrogen-bond acceptors (Lipinski definition) is 3. The average molecular weight is 613 g/mol. The molecule has 0 atom stereocenters. The first kappa shape index (κ1) is 29.7. The summed E-state index contributed by atoms with van der Waals surface area (Å²) in [6.45, 7) is 6.27. The van der Waals surface area contributed by atoms with Crippen LogP contribution in [0.25, 0.3) is 0 Å². The third kappa shape index (κ3) is 11.8. The zero-order valence-corrected chi connectivity index (χ0v) is 23.8. The fraction of sp³-hybridized carbons (Fsp3) is 0.650. The van der Waals surface area contributed by atoms with Gasteiger partial charge in [-0.05, 0) is 0 Å². The number of rotatable bonds is 12. The topological polar surface area (TPSA) is 49.4 Å². The molecule has 0 heterocycles. The summed E-state index contributed by atoms with van der Waals surface area (Å²) >= 11 is 27.8. The van der Waals surface area contributed by atoms with Crippen LogP contribution < -0.4 is 9.84 Å². The minimum atomic E-state index is -1.44. The fourth-order valence-corrected chi connectivity index (χ4v) is 13.2. The van der Waals surface area contributed by atoms with Crippen molar-refractivity contribution in [1.82, 2.24) is 0 Å². The van der Waals surface area contributed by atoms with Crippen molar-refractivity contribution in [1.29, 1.82) is 0 Å². The molecule has 0 aliphatic heterocycles. The first-order valence-corrected chi connectivity index (χ1v) is 17.8. The van der Waals surface area contributed by atoms with Crippen LogP contribution in [0.1, 0.15) is 59.3 Å². The molecule has 0 unspecified atom stereocenters. The van der Waals surface area contributed by atoms with Crippen molar-refractivity contribution in [3.8, 4) is 5.75 Å². The predicted octanol–water partition coefficient (Wildman–Crippen LogP) is 7.96. The molecule has 0 saturated heterocycles. The molecule has 1 rings (SSSR count). The second kappa shape index (κ2) is 17.3. The maximum absolute atomic E-state index is 10.2. The SMILES string of the molecule is CCC[CH2][Sn+]([CH2]CCC)[CH2]CCC.O=C([O-])COc1c(Cl)c(Cl)c(Cl)c(Cl)c1Cl. The second-order valence-corrected chi connectivity index (χ2v) is 17.1. The summed E-state index contributed by atoms with van der Waals surface area (Å²) in [5, 5.41) is 9.84. The Bertz CT molecular complexity index is 581. The smallest absolute Gasteiger partial charge is 0.160 e. The first-order valence-electron chi connectivity index (χ1n) is 9.88. The Morgan fingerprint density at radius 1 is 0.759 bits per heavy atom. The number of ether oxygens (including phenoxy) is 1. The zero-order chi connectivity index (χ0) is 22.4. The van der Waals surface area contributed by atoms with Crippen LogP contribution in [0.15, 0.2) is 0 Å². The number of carboxylic acids is 1. The van der Waals surface area contributed by atoms with Gasteiger partial charge < -0.3 is 14.6 Å². The zero-order valence-electron chi connectivity index (χ0n) is 17.2. The van der Waals surface area contributed by atoms with Crippen LogP contribution in [0.4, 0.5) is 0 Å². The van der Waals surface area contributed by atoms with Gasteiger partial charge in [0.1, 0.15) is 16.7 Å². The standard InChI is InChI=1S/C8H3Cl5O3.3C4H9.Sn/c9-3-4(10)6(12)8(7(13)5(3)11)16-1-2(14)15;3*1-3-4-2;/h1H2,(H,14,15);3*1,3-4H2,2H3;/q;;;;+1/p-1. The Kier molecular flexibility index (Phi) is 17.8. The second-order valence-electron chi connectivity index (χ2n) is 6.62. The number of carbonyl (C=O) groups excluding carboxylic acids is 1. The van der Waals surface area contributed by atoms with Gasteiger partial charge in [0, 0.05) is 0 Å². The number of carbonyl (C=O) groups is 1. The molecule has 0 amide bonds. The average Bonchev–Trinajstić information content (AvgIpc) is 2.70. The van der Waals surface area contributed by atoms with Gasteiger partial charge in [-0.3, -0.25) is 0 Å². The first-order chi connectivity index (χ1) is 13.7. The molecule has 0 fully saturated rings. The maximum Gasteiger partial charge on any atom is 0.160 e. The van der Waals surface area contributed by atoms with Crippen molar-refractivity contribution in [2.24, 2.45) is 0 Å². The van der Waals surface area contributed by atoms with Crippen LogP contribution in [-0.4, -0.2) is 32.3 Å². The number of unbranched alkanes of at least 4 members (excludes halogenated alkanes) is 3. The van der Waals surface area contributed by atoms with Gasteiger partial charge in [-0.25, -0.2) is 0 Å². The maximum atomic E-state index is 10.2. The van der Waals surface area contributed by atoms with Gasteiger partial charge in [-0.15, -0.1) is 0 Å². The molecule has 0 aliphatic carbocycles. The minimum Gasteiger partial charge on any atom is -0.546 e. The van der Waals surface area contributed by atoms with Crippen molar-refractivity contribution in [2.75, 3.05) is 6.61 Å². The van der Waals surface area contributed by atoms with Crippen molar-refractivity contribution in [3.63, 3.8) is 0 Å². The summed E-state index contributed by atoms with van der Waals surface area (Å²) in [7, 11) is 0. The Morgan fingerprint density at radius 2 is 1.10 bits per heavy atom. The van der Waals surface area contributed by atoms with Crippen molar-refractivity contribution < 1.29 is 14.6 Å². The van der Waals surface area contributed by atoms with E-state index in [2.05, 4.69) is 20.8 Å². The molecule has 0 aliphatic rings. The van der Waals surface area contributed by atoms with Crippen molar-refractivity contribution >= 4 is 83.7 Å². The van der Waals surface area contributed by atoms with Gasteiger partial charge >= 0.3 is 92.4 Å². The normalized spacial score (nSPS) is 10.3. The van der Waals surface area contributed by atoms with Crippen LogP contribution in [0, 0.1) is 0 Å². The molecule has 29 heavy (non-hydrogen) atoms. The van der Waals surface area contributed by atoms with E-state index in [4.69, 9.17) is 62.7 Å². The van der Waals surface area contributed by atoms with E-state index in [0.29, 0.717) is 0 Å². The molecule has 1 aromatic rings. The van der Waals surface area contributed by atoms with E-state index in [1.54, 1.807) is 13.3 Å². The van der Waals surface area contributed by atoms with Crippen LogP contribution in [0.5, 0.6) is 5.75 Å². The summed E-state index contributed by atoms with van der Waals surface area (Å²) in [5.74, 6) is -1.58. The molecule has 9 heteroatoms. The van der Waals surface area contributed by atoms with Gasteiger partial charge in [0.15, 0.2) is 5.75 Å². The van der Waals surface area contributed by atoms with Crippen LogP contribution in [0.2, 0.25) is 38.4 Å². The molecule has 0 spiro atoms. The summed E-state index contributed by atoms with van der Waals surface area (Å²) in [6.07, 6.45) is 8.85. The molecule has 166 valence electrons. The van der Waals surface area contributed by atoms with E-state index in [1.165, 1.54) is 38.5 Å². The molecule has 0 N–H and O–H groups in total. The number of aliphatic carboxylic acids is 1. The van der Waals surface area contributed by atoms with Gasteiger partial charge in [0.25, 0.3) is 0 Å². The van der Waals surface area contributed by atoms with Gasteiger partial charge in [0.05, 0.1) is 21.0 Å². The van der Waals surface area contributed by atoms with Gasteiger partial charge in [0.2, 0.25) is 0 Å². The minimum absolute atomic E-state index is 0.0286. The van der Waals surface area contributed by atoms with E-state index in [1.807, 2.05) is 0 Å². The third-order valence-corrected chi connectivity index (χ3v) is 15.5. The summed E-state index contributed by atoms with van der Waals surface area (Å²) in [4.78, 5) is 10.2. The number of halogens is 5.